The van der Waals surface area contributed by atoms with Gasteiger partial charge in [0.25, 0.3) is 11.8 Å². The number of carbonyl (C=O) groups is 2. The highest BCUT2D eigenvalue weighted by atomic mass is 16.5. The number of H-pyrrole nitrogens is 1. The van der Waals surface area contributed by atoms with Crippen molar-refractivity contribution in [3.63, 3.8) is 0 Å². The minimum atomic E-state index is -0.334. The molecule has 2 aromatic carbocycles. The van der Waals surface area contributed by atoms with Crippen molar-refractivity contribution in [1.82, 2.24) is 20.2 Å². The lowest BCUT2D eigenvalue weighted by Crippen LogP contribution is -2.50. The monoisotopic (exact) mass is 481 g/mol. The van der Waals surface area contributed by atoms with Gasteiger partial charge in [0.2, 0.25) is 0 Å². The number of benzene rings is 2. The topological polar surface area (TPSA) is 90.6 Å². The zero-order chi connectivity index (χ0) is 24.9. The van der Waals surface area contributed by atoms with Gasteiger partial charge in [0.05, 0.1) is 7.11 Å². The van der Waals surface area contributed by atoms with Crippen LogP contribution in [0.2, 0.25) is 0 Å². The fourth-order valence-electron chi connectivity index (χ4n) is 4.31. The first-order valence-electron chi connectivity index (χ1n) is 11.8. The molecule has 182 valence electrons. The van der Waals surface area contributed by atoms with E-state index in [0.717, 1.165) is 22.3 Å². The minimum absolute atomic E-state index is 0.221. The predicted octanol–water partition coefficient (Wildman–Crippen LogP) is 3.69. The van der Waals surface area contributed by atoms with Gasteiger partial charge in [-0.3, -0.25) is 9.59 Å². The molecule has 0 atom stereocenters. The number of amides is 2. The van der Waals surface area contributed by atoms with Crippen molar-refractivity contribution in [2.75, 3.05) is 38.2 Å². The molecule has 1 aliphatic rings. The molecule has 3 heterocycles. The third kappa shape index (κ3) is 4.93. The highest BCUT2D eigenvalue weighted by Crippen LogP contribution is 2.25. The van der Waals surface area contributed by atoms with Crippen LogP contribution in [0.3, 0.4) is 0 Å². The number of carbonyl (C=O) groups excluding carboxylic acids is 2. The van der Waals surface area contributed by atoms with Crippen LogP contribution in [0.1, 0.15) is 15.9 Å². The fraction of sp³-hybridized carbons (Fsp3) is 0.179. The second kappa shape index (κ2) is 10.4. The van der Waals surface area contributed by atoms with Crippen LogP contribution in [0.4, 0.5) is 5.82 Å². The van der Waals surface area contributed by atoms with Gasteiger partial charge >= 0.3 is 0 Å². The summed E-state index contributed by atoms with van der Waals surface area (Å²) < 4.78 is 5.37. The molecule has 2 amide bonds. The number of aromatic nitrogens is 2. The zero-order valence-corrected chi connectivity index (χ0v) is 20.0. The molecule has 5 rings (SSSR count). The van der Waals surface area contributed by atoms with E-state index in [1.165, 1.54) is 0 Å². The summed E-state index contributed by atoms with van der Waals surface area (Å²) in [6.45, 7) is 2.37. The average molecular weight is 482 g/mol. The number of hydrogen-bond donors (Lipinski definition) is 2. The van der Waals surface area contributed by atoms with Crippen molar-refractivity contribution in [3.8, 4) is 5.75 Å². The van der Waals surface area contributed by atoms with E-state index in [2.05, 4.69) is 20.2 Å². The molecule has 0 spiro atoms. The summed E-state index contributed by atoms with van der Waals surface area (Å²) in [5.74, 6) is 1.05. The molecule has 0 bridgehead atoms. The normalized spacial score (nSPS) is 14.1. The van der Waals surface area contributed by atoms with Crippen molar-refractivity contribution in [3.05, 3.63) is 95.9 Å². The van der Waals surface area contributed by atoms with Crippen molar-refractivity contribution in [1.29, 1.82) is 0 Å². The quantitative estimate of drug-likeness (QED) is 0.410. The molecule has 1 aliphatic heterocycles. The van der Waals surface area contributed by atoms with Crippen LogP contribution >= 0.6 is 0 Å². The van der Waals surface area contributed by atoms with Crippen LogP contribution in [0, 0.1) is 0 Å². The molecule has 0 unspecified atom stereocenters. The number of rotatable bonds is 6. The summed E-state index contributed by atoms with van der Waals surface area (Å²) in [7, 11) is 1.61. The van der Waals surface area contributed by atoms with Gasteiger partial charge in [-0.1, -0.05) is 24.3 Å². The molecule has 8 nitrogen and oxygen atoms in total. The smallest absolute Gasteiger partial charge is 0.270 e. The Balaban J connectivity index is 1.42. The van der Waals surface area contributed by atoms with Gasteiger partial charge in [-0.25, -0.2) is 4.98 Å². The lowest BCUT2D eigenvalue weighted by molar-refractivity contribution is -0.127. The van der Waals surface area contributed by atoms with Gasteiger partial charge in [0.15, 0.2) is 0 Å². The van der Waals surface area contributed by atoms with E-state index in [9.17, 15) is 9.59 Å². The SMILES string of the molecule is COc1ccc2[nH]cc(C=C(NC(=O)c3ccccc3)C(=O)N3CCN(c4ccccn4)CC3)c2c1. The molecular formula is C28H27N5O3. The van der Waals surface area contributed by atoms with Gasteiger partial charge in [0.1, 0.15) is 17.3 Å². The summed E-state index contributed by atoms with van der Waals surface area (Å²) in [6, 6.07) is 20.4. The van der Waals surface area contributed by atoms with Gasteiger partial charge in [-0.15, -0.1) is 0 Å². The Morgan fingerprint density at radius 3 is 2.50 bits per heavy atom. The van der Waals surface area contributed by atoms with Crippen molar-refractivity contribution in [2.45, 2.75) is 0 Å². The maximum atomic E-state index is 13.7. The second-order valence-corrected chi connectivity index (χ2v) is 8.50. The summed E-state index contributed by atoms with van der Waals surface area (Å²) in [5.41, 5.74) is 2.40. The number of aromatic amines is 1. The van der Waals surface area contributed by atoms with Crippen LogP contribution < -0.4 is 15.0 Å². The number of nitrogens with zero attached hydrogens (tertiary/aromatic N) is 3. The van der Waals surface area contributed by atoms with Gasteiger partial charge in [0, 0.05) is 60.6 Å². The van der Waals surface area contributed by atoms with Crippen molar-refractivity contribution >= 4 is 34.6 Å². The average Bonchev–Trinajstić information content (AvgIpc) is 3.35. The lowest BCUT2D eigenvalue weighted by Gasteiger charge is -2.35. The van der Waals surface area contributed by atoms with Crippen LogP contribution in [-0.2, 0) is 4.79 Å². The van der Waals surface area contributed by atoms with Crippen LogP contribution in [0.5, 0.6) is 5.75 Å². The first kappa shape index (κ1) is 23.2. The second-order valence-electron chi connectivity index (χ2n) is 8.50. The summed E-state index contributed by atoms with van der Waals surface area (Å²) in [4.78, 5) is 38.2. The van der Waals surface area contributed by atoms with E-state index in [0.29, 0.717) is 37.5 Å². The highest BCUT2D eigenvalue weighted by Gasteiger charge is 2.26. The van der Waals surface area contributed by atoms with E-state index in [-0.39, 0.29) is 17.5 Å². The zero-order valence-electron chi connectivity index (χ0n) is 20.0. The Morgan fingerprint density at radius 2 is 1.78 bits per heavy atom. The van der Waals surface area contributed by atoms with E-state index < -0.39 is 0 Å². The number of fused-ring (bicyclic) bond motifs is 1. The molecule has 36 heavy (non-hydrogen) atoms. The summed E-state index contributed by atoms with van der Waals surface area (Å²) in [6.07, 6.45) is 5.32. The van der Waals surface area contributed by atoms with Crippen LogP contribution in [-0.4, -0.2) is 60.0 Å². The minimum Gasteiger partial charge on any atom is -0.497 e. The Hall–Kier alpha value is -4.59. The Labute approximate surface area is 209 Å². The number of hydrogen-bond acceptors (Lipinski definition) is 5. The van der Waals surface area contributed by atoms with Crippen molar-refractivity contribution in [2.24, 2.45) is 0 Å². The standard InChI is InChI=1S/C28H27N5O3/c1-36-22-10-11-24-23(18-22)21(19-30-24)17-25(31-27(34)20-7-3-2-4-8-20)28(35)33-15-13-32(14-16-33)26-9-5-6-12-29-26/h2-12,17-19,30H,13-16H2,1H3,(H,31,34). The fourth-order valence-corrected chi connectivity index (χ4v) is 4.31. The lowest BCUT2D eigenvalue weighted by atomic mass is 10.1. The summed E-state index contributed by atoms with van der Waals surface area (Å²) in [5, 5.41) is 3.76. The molecule has 2 N–H and O–H groups in total. The largest absolute Gasteiger partial charge is 0.497 e. The molecule has 8 heteroatoms. The third-order valence-corrected chi connectivity index (χ3v) is 6.28. The van der Waals surface area contributed by atoms with E-state index >= 15 is 0 Å². The molecule has 4 aromatic rings. The number of anilines is 1. The number of nitrogens with one attached hydrogen (secondary N) is 2. The first-order valence-corrected chi connectivity index (χ1v) is 11.8. The third-order valence-electron chi connectivity index (χ3n) is 6.28. The maximum absolute atomic E-state index is 13.7. The molecule has 0 saturated carbocycles. The molecule has 1 saturated heterocycles. The summed E-state index contributed by atoms with van der Waals surface area (Å²) >= 11 is 0. The van der Waals surface area contributed by atoms with Gasteiger partial charge in [-0.2, -0.15) is 0 Å². The van der Waals surface area contributed by atoms with E-state index in [1.807, 2.05) is 48.7 Å². The number of pyridine rings is 1. The Kier molecular flexibility index (Phi) is 6.66. The molecule has 0 aliphatic carbocycles. The molecular weight excluding hydrogens is 454 g/mol. The van der Waals surface area contributed by atoms with Crippen LogP contribution in [0.25, 0.3) is 17.0 Å². The van der Waals surface area contributed by atoms with Gasteiger partial charge in [-0.05, 0) is 48.5 Å². The van der Waals surface area contributed by atoms with E-state index in [4.69, 9.17) is 4.74 Å². The van der Waals surface area contributed by atoms with Crippen LogP contribution in [0.15, 0.2) is 84.8 Å². The number of ether oxygens (including phenoxy) is 1. The molecule has 1 fully saturated rings. The van der Waals surface area contributed by atoms with Gasteiger partial charge < -0.3 is 24.8 Å². The maximum Gasteiger partial charge on any atom is 0.270 e. The molecule has 0 radical (unpaired) electrons. The predicted molar refractivity (Wildman–Crippen MR) is 140 cm³/mol. The highest BCUT2D eigenvalue weighted by molar-refractivity contribution is 6.06. The van der Waals surface area contributed by atoms with E-state index in [1.54, 1.807) is 48.5 Å². The number of piperazine rings is 1. The number of methoxy groups -OCH3 is 1. The van der Waals surface area contributed by atoms with Crippen molar-refractivity contribution < 1.29 is 14.3 Å². The first-order chi connectivity index (χ1) is 17.6. The Bertz CT molecular complexity index is 1390. The molecule has 2 aromatic heterocycles. The Morgan fingerprint density at radius 1 is 1.00 bits per heavy atom.